The van der Waals surface area contributed by atoms with Crippen molar-refractivity contribution in [1.82, 2.24) is 9.97 Å². The van der Waals surface area contributed by atoms with Crippen molar-refractivity contribution < 1.29 is 19.0 Å². The van der Waals surface area contributed by atoms with Crippen molar-refractivity contribution in [2.75, 3.05) is 26.2 Å². The molecule has 1 aliphatic heterocycles. The largest absolute Gasteiger partial charge is 0.493 e. The molecule has 3 aromatic rings. The SMILES string of the molecule is COc1ccc(/C=C2/SC(=S)N(c3nc(C)nc4sc5c(c34)CCCC5)C2=O)c(OC)c1OC. The topological polar surface area (TPSA) is 73.8 Å². The van der Waals surface area contributed by atoms with Crippen LogP contribution in [-0.4, -0.2) is 41.5 Å². The molecule has 10 heteroatoms. The number of carbonyl (C=O) groups excluding carboxylic acids is 1. The van der Waals surface area contributed by atoms with E-state index in [-0.39, 0.29) is 5.91 Å². The van der Waals surface area contributed by atoms with Gasteiger partial charge >= 0.3 is 0 Å². The number of methoxy groups -OCH3 is 3. The molecule has 0 spiro atoms. The molecule has 1 fully saturated rings. The van der Waals surface area contributed by atoms with Crippen molar-refractivity contribution in [2.24, 2.45) is 0 Å². The van der Waals surface area contributed by atoms with E-state index in [4.69, 9.17) is 31.4 Å². The van der Waals surface area contributed by atoms with E-state index in [9.17, 15) is 4.79 Å². The molecule has 1 amide bonds. The van der Waals surface area contributed by atoms with Crippen LogP contribution in [0.25, 0.3) is 16.3 Å². The van der Waals surface area contributed by atoms with E-state index in [2.05, 4.69) is 4.98 Å². The quantitative estimate of drug-likeness (QED) is 0.336. The molecule has 1 aromatic carbocycles. The molecule has 2 aromatic heterocycles. The van der Waals surface area contributed by atoms with Crippen molar-refractivity contribution in [2.45, 2.75) is 32.6 Å². The number of aromatic nitrogens is 2. The summed E-state index contributed by atoms with van der Waals surface area (Å²) in [5.74, 6) is 2.51. The number of aryl methyl sites for hydroxylation is 3. The maximum atomic E-state index is 13.6. The average Bonchev–Trinajstić information content (AvgIpc) is 3.34. The number of benzene rings is 1. The molecule has 0 saturated carbocycles. The fraction of sp³-hybridized carbons (Fsp3) is 0.333. The van der Waals surface area contributed by atoms with Gasteiger partial charge in [0.15, 0.2) is 21.6 Å². The van der Waals surface area contributed by atoms with Gasteiger partial charge in [-0.05, 0) is 56.4 Å². The van der Waals surface area contributed by atoms with Gasteiger partial charge in [-0.3, -0.25) is 4.79 Å². The number of thioether (sulfide) groups is 1. The van der Waals surface area contributed by atoms with Crippen LogP contribution in [0.4, 0.5) is 5.82 Å². The monoisotopic (exact) mass is 513 g/mol. The van der Waals surface area contributed by atoms with Crippen LogP contribution in [0.15, 0.2) is 17.0 Å². The highest BCUT2D eigenvalue weighted by molar-refractivity contribution is 8.27. The van der Waals surface area contributed by atoms with E-state index in [1.54, 1.807) is 49.7 Å². The highest BCUT2D eigenvalue weighted by atomic mass is 32.2. The highest BCUT2D eigenvalue weighted by Crippen LogP contribution is 2.45. The van der Waals surface area contributed by atoms with E-state index < -0.39 is 0 Å². The van der Waals surface area contributed by atoms with E-state index in [1.807, 2.05) is 13.0 Å². The molecule has 2 aliphatic rings. The molecule has 1 saturated heterocycles. The summed E-state index contributed by atoms with van der Waals surface area (Å²) in [7, 11) is 4.67. The van der Waals surface area contributed by atoms with Gasteiger partial charge in [0.05, 0.1) is 31.6 Å². The second-order valence-electron chi connectivity index (χ2n) is 7.93. The molecule has 7 nitrogen and oxygen atoms in total. The Bertz CT molecular complexity index is 1370. The van der Waals surface area contributed by atoms with Crippen LogP contribution in [0.1, 0.15) is 34.7 Å². The first kappa shape index (κ1) is 23.1. The summed E-state index contributed by atoms with van der Waals surface area (Å²) in [5.41, 5.74) is 1.96. The number of nitrogens with zero attached hydrogens (tertiary/aromatic N) is 3. The number of anilines is 1. The number of thiophene rings is 1. The summed E-state index contributed by atoms with van der Waals surface area (Å²) in [4.78, 5) is 27.3. The number of rotatable bonds is 5. The zero-order valence-electron chi connectivity index (χ0n) is 19.3. The third-order valence-electron chi connectivity index (χ3n) is 5.93. The van der Waals surface area contributed by atoms with Crippen LogP contribution in [0.5, 0.6) is 17.2 Å². The number of hydrogen-bond donors (Lipinski definition) is 0. The summed E-state index contributed by atoms with van der Waals surface area (Å²) in [6, 6.07) is 3.61. The Kier molecular flexibility index (Phi) is 6.22. The minimum absolute atomic E-state index is 0.206. The molecule has 176 valence electrons. The summed E-state index contributed by atoms with van der Waals surface area (Å²) in [6.45, 7) is 1.85. The summed E-state index contributed by atoms with van der Waals surface area (Å²) in [5, 5.41) is 0.964. The zero-order valence-corrected chi connectivity index (χ0v) is 21.7. The van der Waals surface area contributed by atoms with E-state index in [0.717, 1.165) is 29.5 Å². The molecule has 0 N–H and O–H groups in total. The number of ether oxygens (including phenoxy) is 3. The molecule has 0 atom stereocenters. The lowest BCUT2D eigenvalue weighted by atomic mass is 9.97. The van der Waals surface area contributed by atoms with Crippen LogP contribution in [-0.2, 0) is 17.6 Å². The van der Waals surface area contributed by atoms with Crippen LogP contribution in [0.3, 0.4) is 0 Å². The van der Waals surface area contributed by atoms with Gasteiger partial charge in [-0.1, -0.05) is 24.0 Å². The Balaban J connectivity index is 1.60. The maximum absolute atomic E-state index is 13.6. The Hall–Kier alpha value is -2.69. The first-order chi connectivity index (χ1) is 16.5. The lowest BCUT2D eigenvalue weighted by molar-refractivity contribution is -0.113. The van der Waals surface area contributed by atoms with Crippen molar-refractivity contribution in [1.29, 1.82) is 0 Å². The minimum Gasteiger partial charge on any atom is -0.493 e. The normalized spacial score (nSPS) is 16.9. The predicted molar refractivity (Wildman–Crippen MR) is 141 cm³/mol. The number of fused-ring (bicyclic) bond motifs is 3. The number of amides is 1. The van der Waals surface area contributed by atoms with Crippen molar-refractivity contribution >= 4 is 67.7 Å². The third kappa shape index (κ3) is 3.73. The zero-order chi connectivity index (χ0) is 24.0. The molecule has 34 heavy (non-hydrogen) atoms. The summed E-state index contributed by atoms with van der Waals surface area (Å²) < 4.78 is 16.9. The van der Waals surface area contributed by atoms with Gasteiger partial charge in [0, 0.05) is 10.4 Å². The van der Waals surface area contributed by atoms with Gasteiger partial charge in [0.2, 0.25) is 5.75 Å². The second kappa shape index (κ2) is 9.16. The van der Waals surface area contributed by atoms with Crippen molar-refractivity contribution in [3.05, 3.63) is 38.9 Å². The molecular formula is C24H23N3O4S3. The minimum atomic E-state index is -0.206. The van der Waals surface area contributed by atoms with Crippen molar-refractivity contribution in [3.63, 3.8) is 0 Å². The van der Waals surface area contributed by atoms with Crippen LogP contribution < -0.4 is 19.1 Å². The van der Waals surface area contributed by atoms with Crippen LogP contribution in [0.2, 0.25) is 0 Å². The van der Waals surface area contributed by atoms with Gasteiger partial charge in [-0.2, -0.15) is 0 Å². The summed E-state index contributed by atoms with van der Waals surface area (Å²) >= 11 is 8.63. The summed E-state index contributed by atoms with van der Waals surface area (Å²) in [6.07, 6.45) is 6.10. The van der Waals surface area contributed by atoms with Gasteiger partial charge < -0.3 is 14.2 Å². The van der Waals surface area contributed by atoms with E-state index >= 15 is 0 Å². The second-order valence-corrected chi connectivity index (χ2v) is 10.7. The third-order valence-corrected chi connectivity index (χ3v) is 8.42. The Morgan fingerprint density at radius 3 is 2.56 bits per heavy atom. The van der Waals surface area contributed by atoms with Crippen molar-refractivity contribution in [3.8, 4) is 17.2 Å². The molecule has 0 radical (unpaired) electrons. The number of hydrogen-bond acceptors (Lipinski definition) is 9. The fourth-order valence-electron chi connectivity index (χ4n) is 4.43. The Morgan fingerprint density at radius 1 is 1.06 bits per heavy atom. The maximum Gasteiger partial charge on any atom is 0.272 e. The molecule has 0 unspecified atom stereocenters. The van der Waals surface area contributed by atoms with Gasteiger partial charge in [-0.15, -0.1) is 11.3 Å². The molecule has 3 heterocycles. The lowest BCUT2D eigenvalue weighted by Crippen LogP contribution is -2.29. The molecular weight excluding hydrogens is 490 g/mol. The molecule has 0 bridgehead atoms. The smallest absolute Gasteiger partial charge is 0.272 e. The lowest BCUT2D eigenvalue weighted by Gasteiger charge is -2.17. The van der Waals surface area contributed by atoms with Crippen LogP contribution >= 0.6 is 35.3 Å². The highest BCUT2D eigenvalue weighted by Gasteiger charge is 2.37. The average molecular weight is 514 g/mol. The van der Waals surface area contributed by atoms with E-state index in [1.165, 1.54) is 28.6 Å². The fourth-order valence-corrected chi connectivity index (χ4v) is 6.99. The number of thiocarbonyl (C=S) groups is 1. The van der Waals surface area contributed by atoms with Crippen LogP contribution in [0, 0.1) is 6.92 Å². The molecule has 5 rings (SSSR count). The number of carbonyl (C=O) groups is 1. The first-order valence-electron chi connectivity index (χ1n) is 10.8. The van der Waals surface area contributed by atoms with Gasteiger partial charge in [0.1, 0.15) is 10.7 Å². The standard InChI is InChI=1S/C24H23N3O4S3/c1-12-25-21(18-14-7-5-6-8-16(14)33-22(18)26-12)27-23(28)17(34-24(27)32)11-13-9-10-15(29-2)20(31-4)19(13)30-3/h9-11H,5-8H2,1-4H3/b17-11+. The van der Waals surface area contributed by atoms with Gasteiger partial charge in [-0.25, -0.2) is 14.9 Å². The Labute approximate surface area is 211 Å². The molecule has 1 aliphatic carbocycles. The first-order valence-corrected chi connectivity index (χ1v) is 12.9. The van der Waals surface area contributed by atoms with E-state index in [0.29, 0.717) is 43.7 Å². The Morgan fingerprint density at radius 2 is 1.82 bits per heavy atom. The predicted octanol–water partition coefficient (Wildman–Crippen LogP) is 5.31. The van der Waals surface area contributed by atoms with Gasteiger partial charge in [0.25, 0.3) is 5.91 Å².